The number of carboxylic acids is 1. The molecular weight excluding hydrogens is 422 g/mol. The third-order valence-corrected chi connectivity index (χ3v) is 5.82. The number of nitrogens with zero attached hydrogens (tertiary/aromatic N) is 1. The molecule has 0 saturated heterocycles. The van der Waals surface area contributed by atoms with Crippen molar-refractivity contribution in [1.82, 2.24) is 9.97 Å². The third kappa shape index (κ3) is 4.17. The highest BCUT2D eigenvalue weighted by molar-refractivity contribution is 7.90. The first-order valence-electron chi connectivity index (χ1n) is 7.84. The van der Waals surface area contributed by atoms with E-state index in [4.69, 9.17) is 5.11 Å². The van der Waals surface area contributed by atoms with Crippen molar-refractivity contribution in [2.45, 2.75) is 4.90 Å². The summed E-state index contributed by atoms with van der Waals surface area (Å²) in [4.78, 5) is 41.8. The predicted molar refractivity (Wildman–Crippen MR) is 104 cm³/mol. The van der Waals surface area contributed by atoms with Crippen molar-refractivity contribution in [2.24, 2.45) is 0 Å². The van der Waals surface area contributed by atoms with Crippen molar-refractivity contribution in [2.75, 3.05) is 11.6 Å². The fourth-order valence-electron chi connectivity index (χ4n) is 2.36. The molecule has 0 radical (unpaired) electrons. The number of benzene rings is 1. The van der Waals surface area contributed by atoms with Crippen LogP contribution in [0.4, 0.5) is 5.69 Å². The minimum Gasteiger partial charge on any atom is -0.501 e. The van der Waals surface area contributed by atoms with Gasteiger partial charge in [0.15, 0.2) is 21.4 Å². The lowest BCUT2D eigenvalue weighted by atomic mass is 10.2. The number of rotatable bonds is 5. The summed E-state index contributed by atoms with van der Waals surface area (Å²) < 4.78 is 23.0. The first-order chi connectivity index (χ1) is 13.6. The van der Waals surface area contributed by atoms with Crippen LogP contribution < -0.4 is 10.9 Å². The summed E-state index contributed by atoms with van der Waals surface area (Å²) in [5.74, 6) is -3.29. The van der Waals surface area contributed by atoms with Crippen LogP contribution in [0.15, 0.2) is 45.4 Å². The highest BCUT2D eigenvalue weighted by Crippen LogP contribution is 2.32. The van der Waals surface area contributed by atoms with Gasteiger partial charge in [0.2, 0.25) is 5.75 Å². The predicted octanol–water partition coefficient (Wildman–Crippen LogP) is 1.56. The van der Waals surface area contributed by atoms with Gasteiger partial charge in [-0.25, -0.2) is 18.2 Å². The second-order valence-corrected chi connectivity index (χ2v) is 8.76. The fourth-order valence-corrected chi connectivity index (χ4v) is 3.79. The molecule has 1 aromatic carbocycles. The Morgan fingerprint density at radius 3 is 2.41 bits per heavy atom. The Morgan fingerprint density at radius 2 is 1.83 bits per heavy atom. The van der Waals surface area contributed by atoms with E-state index in [2.05, 4.69) is 15.3 Å². The number of hydrogen-bond donors (Lipinski definition) is 4. The smallest absolute Gasteiger partial charge is 0.358 e. The molecule has 0 unspecified atom stereocenters. The van der Waals surface area contributed by atoms with Crippen molar-refractivity contribution in [3.63, 3.8) is 0 Å². The second-order valence-electron chi connectivity index (χ2n) is 5.83. The van der Waals surface area contributed by atoms with E-state index in [1.807, 2.05) is 0 Å². The van der Waals surface area contributed by atoms with Gasteiger partial charge in [0.1, 0.15) is 0 Å². The lowest BCUT2D eigenvalue weighted by Gasteiger charge is -2.08. The van der Waals surface area contributed by atoms with Gasteiger partial charge in [0.25, 0.3) is 11.5 Å². The number of carboxylic acid groups (broad SMARTS) is 1. The summed E-state index contributed by atoms with van der Waals surface area (Å²) in [5.41, 5.74) is -1.41. The molecule has 29 heavy (non-hydrogen) atoms. The summed E-state index contributed by atoms with van der Waals surface area (Å²) in [7, 11) is -3.40. The topological polar surface area (TPSA) is 167 Å². The molecule has 0 saturated carbocycles. The SMILES string of the molecule is CS(=O)(=O)c1ccc(C(=O)Nc2ccsc2-c2nc(C(=O)O)c(O)c(=O)[nH]2)cc1. The minimum atomic E-state index is -3.40. The molecule has 0 spiro atoms. The van der Waals surface area contributed by atoms with E-state index in [1.54, 1.807) is 5.38 Å². The third-order valence-electron chi connectivity index (χ3n) is 3.77. The van der Waals surface area contributed by atoms with Gasteiger partial charge in [-0.3, -0.25) is 9.59 Å². The van der Waals surface area contributed by atoms with Crippen LogP contribution >= 0.6 is 11.3 Å². The average molecular weight is 435 g/mol. The molecule has 2 heterocycles. The highest BCUT2D eigenvalue weighted by atomic mass is 32.2. The maximum atomic E-state index is 12.5. The van der Waals surface area contributed by atoms with Gasteiger partial charge in [-0.1, -0.05) is 0 Å². The summed E-state index contributed by atoms with van der Waals surface area (Å²) >= 11 is 1.08. The summed E-state index contributed by atoms with van der Waals surface area (Å²) in [6, 6.07) is 6.83. The Balaban J connectivity index is 1.93. The van der Waals surface area contributed by atoms with Crippen molar-refractivity contribution in [1.29, 1.82) is 0 Å². The van der Waals surface area contributed by atoms with Crippen LogP contribution in [0.2, 0.25) is 0 Å². The Hall–Kier alpha value is -3.51. The Bertz CT molecular complexity index is 1280. The van der Waals surface area contributed by atoms with Crippen LogP contribution in [0.3, 0.4) is 0 Å². The average Bonchev–Trinajstić information content (AvgIpc) is 3.11. The van der Waals surface area contributed by atoms with Gasteiger partial charge in [0, 0.05) is 11.8 Å². The number of aromatic hydroxyl groups is 1. The summed E-state index contributed by atoms with van der Waals surface area (Å²) in [5, 5.41) is 22.8. The van der Waals surface area contributed by atoms with Gasteiger partial charge in [-0.15, -0.1) is 11.3 Å². The number of hydrogen-bond acceptors (Lipinski definition) is 8. The molecular formula is C17H13N3O7S2. The standard InChI is InChI=1S/C17H13N3O7S2/c1-29(26,27)9-4-2-8(3-5-9)15(22)18-10-6-7-28-13(10)14-19-11(17(24)25)12(21)16(23)20-14/h2-7,21H,1H3,(H,18,22)(H,24,25)(H,19,20,23). The van der Waals surface area contributed by atoms with Crippen molar-refractivity contribution < 1.29 is 28.2 Å². The lowest BCUT2D eigenvalue weighted by molar-refractivity contribution is 0.0686. The van der Waals surface area contributed by atoms with E-state index in [0.717, 1.165) is 17.6 Å². The molecule has 3 rings (SSSR count). The van der Waals surface area contributed by atoms with Crippen LogP contribution in [0.1, 0.15) is 20.8 Å². The maximum Gasteiger partial charge on any atom is 0.358 e. The molecule has 12 heteroatoms. The molecule has 1 amide bonds. The molecule has 0 bridgehead atoms. The van der Waals surface area contributed by atoms with Crippen LogP contribution in [-0.2, 0) is 9.84 Å². The molecule has 10 nitrogen and oxygen atoms in total. The van der Waals surface area contributed by atoms with Crippen molar-refractivity contribution in [3.8, 4) is 16.5 Å². The second kappa shape index (κ2) is 7.48. The van der Waals surface area contributed by atoms with Crippen LogP contribution in [-0.4, -0.2) is 46.7 Å². The number of aromatic nitrogens is 2. The van der Waals surface area contributed by atoms with E-state index in [0.29, 0.717) is 0 Å². The normalized spacial score (nSPS) is 11.2. The quantitative estimate of drug-likeness (QED) is 0.468. The summed E-state index contributed by atoms with van der Waals surface area (Å²) in [6.45, 7) is 0. The van der Waals surface area contributed by atoms with Crippen LogP contribution in [0.25, 0.3) is 10.7 Å². The monoisotopic (exact) mass is 435 g/mol. The maximum absolute atomic E-state index is 12.5. The molecule has 2 aromatic heterocycles. The molecule has 0 aliphatic heterocycles. The fraction of sp³-hybridized carbons (Fsp3) is 0.0588. The minimum absolute atomic E-state index is 0.0670. The van der Waals surface area contributed by atoms with Gasteiger partial charge < -0.3 is 20.5 Å². The molecule has 150 valence electrons. The number of nitrogens with one attached hydrogen (secondary N) is 2. The zero-order chi connectivity index (χ0) is 21.3. The number of H-pyrrole nitrogens is 1. The van der Waals surface area contributed by atoms with Crippen LogP contribution in [0, 0.1) is 0 Å². The largest absolute Gasteiger partial charge is 0.501 e. The van der Waals surface area contributed by atoms with E-state index in [-0.39, 0.29) is 26.8 Å². The molecule has 3 aromatic rings. The molecule has 0 atom stereocenters. The van der Waals surface area contributed by atoms with Crippen LogP contribution in [0.5, 0.6) is 5.75 Å². The van der Waals surface area contributed by atoms with Crippen molar-refractivity contribution >= 4 is 38.7 Å². The van der Waals surface area contributed by atoms with E-state index < -0.39 is 38.7 Å². The van der Waals surface area contributed by atoms with Crippen molar-refractivity contribution in [3.05, 3.63) is 57.3 Å². The zero-order valence-corrected chi connectivity index (χ0v) is 16.3. The molecule has 4 N–H and O–H groups in total. The number of thiophene rings is 1. The molecule has 0 fully saturated rings. The van der Waals surface area contributed by atoms with Gasteiger partial charge >= 0.3 is 5.97 Å². The highest BCUT2D eigenvalue weighted by Gasteiger charge is 2.20. The number of sulfone groups is 1. The molecule has 0 aliphatic carbocycles. The number of anilines is 1. The number of aromatic amines is 1. The van der Waals surface area contributed by atoms with Gasteiger partial charge in [-0.05, 0) is 35.7 Å². The number of aromatic carboxylic acids is 1. The molecule has 0 aliphatic rings. The van der Waals surface area contributed by atoms with E-state index in [1.165, 1.54) is 30.3 Å². The Morgan fingerprint density at radius 1 is 1.17 bits per heavy atom. The summed E-state index contributed by atoms with van der Waals surface area (Å²) in [6.07, 6.45) is 1.05. The van der Waals surface area contributed by atoms with Gasteiger partial charge in [0.05, 0.1) is 15.5 Å². The number of carbonyl (C=O) groups excluding carboxylic acids is 1. The van der Waals surface area contributed by atoms with Gasteiger partial charge in [-0.2, -0.15) is 0 Å². The lowest BCUT2D eigenvalue weighted by Crippen LogP contribution is -2.16. The van der Waals surface area contributed by atoms with E-state index in [9.17, 15) is 27.9 Å². The Kier molecular flexibility index (Phi) is 5.22. The number of amides is 1. The Labute approximate surface area is 167 Å². The first kappa shape index (κ1) is 20.2. The number of carbonyl (C=O) groups is 2. The first-order valence-corrected chi connectivity index (χ1v) is 10.6. The zero-order valence-electron chi connectivity index (χ0n) is 14.7. The van der Waals surface area contributed by atoms with E-state index >= 15 is 0 Å².